The van der Waals surface area contributed by atoms with Crippen molar-refractivity contribution in [3.05, 3.63) is 59.1 Å². The van der Waals surface area contributed by atoms with Crippen LogP contribution >= 0.6 is 23.1 Å². The Hall–Kier alpha value is -1.99. The molecule has 7 heteroatoms. The number of benzene rings is 2. The second kappa shape index (κ2) is 8.57. The van der Waals surface area contributed by atoms with Gasteiger partial charge in [0, 0.05) is 36.1 Å². The standard InChI is InChI=1S/C21H20F2N2OS2/c22-16-6-5-15(13-17(16)23)27-12-9-20(26)25-10-7-14(8-11-25)21-24-18-3-1-2-4-19(18)28-21/h1-6,13-14H,7-12H2. The maximum absolute atomic E-state index is 13.2. The summed E-state index contributed by atoms with van der Waals surface area (Å²) in [4.78, 5) is 19.8. The lowest BCUT2D eigenvalue weighted by molar-refractivity contribution is -0.131. The van der Waals surface area contributed by atoms with E-state index in [4.69, 9.17) is 4.98 Å². The van der Waals surface area contributed by atoms with Crippen molar-refractivity contribution in [1.29, 1.82) is 0 Å². The van der Waals surface area contributed by atoms with Crippen molar-refractivity contribution in [2.75, 3.05) is 18.8 Å². The van der Waals surface area contributed by atoms with E-state index in [9.17, 15) is 13.6 Å². The van der Waals surface area contributed by atoms with Crippen molar-refractivity contribution in [1.82, 2.24) is 9.88 Å². The number of amides is 1. The third kappa shape index (κ3) is 4.36. The first-order chi connectivity index (χ1) is 13.6. The van der Waals surface area contributed by atoms with Crippen LogP contribution in [0.15, 0.2) is 47.4 Å². The van der Waals surface area contributed by atoms with Crippen molar-refractivity contribution in [3.63, 3.8) is 0 Å². The fraction of sp³-hybridized carbons (Fsp3) is 0.333. The summed E-state index contributed by atoms with van der Waals surface area (Å²) in [6, 6.07) is 12.0. The summed E-state index contributed by atoms with van der Waals surface area (Å²) in [7, 11) is 0. The van der Waals surface area contributed by atoms with Gasteiger partial charge in [-0.2, -0.15) is 0 Å². The average Bonchev–Trinajstić information content (AvgIpc) is 3.15. The van der Waals surface area contributed by atoms with E-state index >= 15 is 0 Å². The number of halogens is 2. The fourth-order valence-electron chi connectivity index (χ4n) is 3.42. The van der Waals surface area contributed by atoms with Crippen molar-refractivity contribution in [2.45, 2.75) is 30.1 Å². The molecular weight excluding hydrogens is 398 g/mol. The molecule has 1 aliphatic rings. The first kappa shape index (κ1) is 19.3. The highest BCUT2D eigenvalue weighted by molar-refractivity contribution is 7.99. The zero-order chi connectivity index (χ0) is 19.5. The minimum Gasteiger partial charge on any atom is -0.343 e. The predicted molar refractivity (Wildman–Crippen MR) is 110 cm³/mol. The van der Waals surface area contributed by atoms with Gasteiger partial charge in [-0.25, -0.2) is 13.8 Å². The zero-order valence-corrected chi connectivity index (χ0v) is 16.9. The molecule has 28 heavy (non-hydrogen) atoms. The van der Waals surface area contributed by atoms with Crippen LogP contribution in [0.2, 0.25) is 0 Å². The molecular formula is C21H20F2N2OS2. The first-order valence-corrected chi connectivity index (χ1v) is 11.1. The van der Waals surface area contributed by atoms with Gasteiger partial charge in [0.25, 0.3) is 0 Å². The van der Waals surface area contributed by atoms with Crippen molar-refractivity contribution in [3.8, 4) is 0 Å². The predicted octanol–water partition coefficient (Wildman–Crippen LogP) is 5.46. The lowest BCUT2D eigenvalue weighted by Gasteiger charge is -2.31. The van der Waals surface area contributed by atoms with E-state index in [1.165, 1.54) is 33.6 Å². The summed E-state index contributed by atoms with van der Waals surface area (Å²) in [5, 5.41) is 1.17. The quantitative estimate of drug-likeness (QED) is 0.516. The Morgan fingerprint density at radius 2 is 1.93 bits per heavy atom. The second-order valence-corrected chi connectivity index (χ2v) is 9.08. The van der Waals surface area contributed by atoms with Crippen LogP contribution in [0.5, 0.6) is 0 Å². The van der Waals surface area contributed by atoms with Crippen molar-refractivity contribution >= 4 is 39.2 Å². The number of thiazole rings is 1. The normalized spacial score (nSPS) is 15.3. The summed E-state index contributed by atoms with van der Waals surface area (Å²) in [5.74, 6) is -0.609. The summed E-state index contributed by atoms with van der Waals surface area (Å²) < 4.78 is 27.4. The number of fused-ring (bicyclic) bond motifs is 1. The number of hydrogen-bond donors (Lipinski definition) is 0. The van der Waals surface area contributed by atoms with E-state index in [0.717, 1.165) is 37.5 Å². The highest BCUT2D eigenvalue weighted by Crippen LogP contribution is 2.34. The Morgan fingerprint density at radius 3 is 2.68 bits per heavy atom. The number of piperidine rings is 1. The van der Waals surface area contributed by atoms with E-state index in [0.29, 0.717) is 23.0 Å². The molecule has 0 saturated carbocycles. The SMILES string of the molecule is O=C(CCSc1ccc(F)c(F)c1)N1CCC(c2nc3ccccc3s2)CC1. The maximum atomic E-state index is 13.2. The smallest absolute Gasteiger partial charge is 0.223 e. The van der Waals surface area contributed by atoms with Crippen LogP contribution in [0.4, 0.5) is 8.78 Å². The van der Waals surface area contributed by atoms with Gasteiger partial charge in [-0.05, 0) is 43.2 Å². The molecule has 0 aliphatic carbocycles. The highest BCUT2D eigenvalue weighted by Gasteiger charge is 2.25. The summed E-state index contributed by atoms with van der Waals surface area (Å²) in [5.41, 5.74) is 1.05. The van der Waals surface area contributed by atoms with Gasteiger partial charge in [0.05, 0.1) is 15.2 Å². The second-order valence-electron chi connectivity index (χ2n) is 6.85. The van der Waals surface area contributed by atoms with Crippen LogP contribution in [-0.2, 0) is 4.79 Å². The fourth-order valence-corrected chi connectivity index (χ4v) is 5.42. The van der Waals surface area contributed by atoms with Gasteiger partial charge >= 0.3 is 0 Å². The van der Waals surface area contributed by atoms with Gasteiger partial charge in [0.2, 0.25) is 5.91 Å². The highest BCUT2D eigenvalue weighted by atomic mass is 32.2. The van der Waals surface area contributed by atoms with Gasteiger partial charge in [0.1, 0.15) is 0 Å². The van der Waals surface area contributed by atoms with Gasteiger partial charge < -0.3 is 4.90 Å². The Bertz CT molecular complexity index is 950. The third-order valence-corrected chi connectivity index (χ3v) is 7.18. The monoisotopic (exact) mass is 418 g/mol. The molecule has 1 aromatic heterocycles. The Labute approximate surface area is 170 Å². The average molecular weight is 419 g/mol. The number of likely N-dealkylation sites (tertiary alicyclic amines) is 1. The van der Waals surface area contributed by atoms with Crippen LogP contribution in [0.3, 0.4) is 0 Å². The van der Waals surface area contributed by atoms with Crippen LogP contribution in [0.1, 0.15) is 30.2 Å². The molecule has 2 heterocycles. The number of nitrogens with zero attached hydrogens (tertiary/aromatic N) is 2. The number of hydrogen-bond acceptors (Lipinski definition) is 4. The molecule has 0 bridgehead atoms. The largest absolute Gasteiger partial charge is 0.343 e. The molecule has 1 fully saturated rings. The number of rotatable bonds is 5. The lowest BCUT2D eigenvalue weighted by atomic mass is 9.97. The number of carbonyl (C=O) groups excluding carboxylic acids is 1. The van der Waals surface area contributed by atoms with Gasteiger partial charge in [-0.3, -0.25) is 4.79 Å². The topological polar surface area (TPSA) is 33.2 Å². The Morgan fingerprint density at radius 1 is 1.14 bits per heavy atom. The number of thioether (sulfide) groups is 1. The summed E-state index contributed by atoms with van der Waals surface area (Å²) in [6.45, 7) is 1.49. The number of para-hydroxylation sites is 1. The van der Waals surface area contributed by atoms with E-state index in [1.807, 2.05) is 23.1 Å². The van der Waals surface area contributed by atoms with Crippen LogP contribution in [0, 0.1) is 11.6 Å². The molecule has 0 atom stereocenters. The van der Waals surface area contributed by atoms with Gasteiger partial charge in [0.15, 0.2) is 11.6 Å². The summed E-state index contributed by atoms with van der Waals surface area (Å²) >= 11 is 3.12. The maximum Gasteiger partial charge on any atom is 0.223 e. The molecule has 2 aromatic carbocycles. The first-order valence-electron chi connectivity index (χ1n) is 9.31. The Balaban J connectivity index is 1.26. The molecule has 0 radical (unpaired) electrons. The lowest BCUT2D eigenvalue weighted by Crippen LogP contribution is -2.38. The van der Waals surface area contributed by atoms with E-state index in [-0.39, 0.29) is 5.91 Å². The molecule has 3 nitrogen and oxygen atoms in total. The van der Waals surface area contributed by atoms with Crippen LogP contribution in [0.25, 0.3) is 10.2 Å². The molecule has 0 unspecified atom stereocenters. The van der Waals surface area contributed by atoms with Gasteiger partial charge in [-0.15, -0.1) is 23.1 Å². The molecule has 3 aromatic rings. The van der Waals surface area contributed by atoms with Crippen LogP contribution in [-0.4, -0.2) is 34.6 Å². The Kier molecular flexibility index (Phi) is 5.92. The van der Waals surface area contributed by atoms with E-state index in [2.05, 4.69) is 6.07 Å². The van der Waals surface area contributed by atoms with E-state index < -0.39 is 11.6 Å². The number of carbonyl (C=O) groups is 1. The van der Waals surface area contributed by atoms with Crippen molar-refractivity contribution in [2.24, 2.45) is 0 Å². The molecule has 1 amide bonds. The zero-order valence-electron chi connectivity index (χ0n) is 15.2. The van der Waals surface area contributed by atoms with Crippen LogP contribution < -0.4 is 0 Å². The molecule has 4 rings (SSSR count). The minimum atomic E-state index is -0.853. The third-order valence-electron chi connectivity index (χ3n) is 4.98. The van der Waals surface area contributed by atoms with E-state index in [1.54, 1.807) is 11.3 Å². The summed E-state index contributed by atoms with van der Waals surface area (Å²) in [6.07, 6.45) is 2.26. The molecule has 1 saturated heterocycles. The van der Waals surface area contributed by atoms with Crippen molar-refractivity contribution < 1.29 is 13.6 Å². The molecule has 146 valence electrons. The minimum absolute atomic E-state index is 0.123. The molecule has 0 N–H and O–H groups in total. The molecule has 1 aliphatic heterocycles. The number of aromatic nitrogens is 1. The molecule has 0 spiro atoms. The van der Waals surface area contributed by atoms with Gasteiger partial charge in [-0.1, -0.05) is 12.1 Å².